The highest BCUT2D eigenvalue weighted by atomic mass is 16.7. The maximum absolute atomic E-state index is 12.4. The number of carbonyl (C=O) groups excluding carboxylic acids is 2. The van der Waals surface area contributed by atoms with E-state index in [1.807, 2.05) is 0 Å². The number of esters is 2. The molecule has 1 heterocycles. The molecule has 0 aromatic rings. The van der Waals surface area contributed by atoms with Gasteiger partial charge in [-0.3, -0.25) is 0 Å². The maximum Gasteiger partial charge on any atom is 0.339 e. The number of hydrogen-bond acceptors (Lipinski definition) is 8. The van der Waals surface area contributed by atoms with E-state index in [-0.39, 0.29) is 24.2 Å². The van der Waals surface area contributed by atoms with Crippen molar-refractivity contribution in [2.45, 2.75) is 19.1 Å². The first-order chi connectivity index (χ1) is 11.9. The molecule has 0 N–H and O–H groups in total. The highest BCUT2D eigenvalue weighted by molar-refractivity contribution is 6.05. The smallest absolute Gasteiger partial charge is 0.339 e. The van der Waals surface area contributed by atoms with Crippen molar-refractivity contribution in [2.75, 3.05) is 42.2 Å². The Bertz CT molecular complexity index is 596. The molecule has 0 aliphatic carbocycles. The Morgan fingerprint density at radius 1 is 1.04 bits per heavy atom. The molecule has 0 unspecified atom stereocenters. The fourth-order valence-electron chi connectivity index (χ4n) is 2.22. The van der Waals surface area contributed by atoms with Crippen molar-refractivity contribution in [1.82, 2.24) is 0 Å². The Labute approximate surface area is 147 Å². The molecule has 0 bridgehead atoms. The van der Waals surface area contributed by atoms with Crippen LogP contribution in [0.5, 0.6) is 0 Å². The molecule has 8 nitrogen and oxygen atoms in total. The van der Waals surface area contributed by atoms with Crippen molar-refractivity contribution in [3.63, 3.8) is 0 Å². The van der Waals surface area contributed by atoms with Gasteiger partial charge in [-0.1, -0.05) is 0 Å². The van der Waals surface area contributed by atoms with Crippen LogP contribution in [-0.4, -0.2) is 59.9 Å². The van der Waals surface area contributed by atoms with Gasteiger partial charge in [-0.2, -0.15) is 0 Å². The minimum atomic E-state index is -1.00. The van der Waals surface area contributed by atoms with Gasteiger partial charge in [0, 0.05) is 26.9 Å². The lowest BCUT2D eigenvalue weighted by molar-refractivity contribution is -0.195. The zero-order valence-corrected chi connectivity index (χ0v) is 15.3. The van der Waals surface area contributed by atoms with E-state index in [1.165, 1.54) is 47.9 Å². The summed E-state index contributed by atoms with van der Waals surface area (Å²) in [7, 11) is 6.88. The van der Waals surface area contributed by atoms with E-state index < -0.39 is 17.7 Å². The number of methoxy groups -OCH3 is 5. The topological polar surface area (TPSA) is 89.5 Å². The lowest BCUT2D eigenvalue weighted by Gasteiger charge is -2.28. The molecule has 25 heavy (non-hydrogen) atoms. The van der Waals surface area contributed by atoms with Gasteiger partial charge in [0.25, 0.3) is 0 Å². The molecular formula is C17H24O8. The molecule has 0 amide bonds. The Kier molecular flexibility index (Phi) is 7.82. The second-order valence-corrected chi connectivity index (χ2v) is 5.25. The summed E-state index contributed by atoms with van der Waals surface area (Å²) in [6.45, 7) is 1.72. The second kappa shape index (κ2) is 9.36. The molecular weight excluding hydrogens is 332 g/mol. The molecule has 140 valence electrons. The molecule has 0 fully saturated rings. The van der Waals surface area contributed by atoms with Crippen molar-refractivity contribution in [3.05, 3.63) is 34.8 Å². The molecule has 0 saturated heterocycles. The summed E-state index contributed by atoms with van der Waals surface area (Å²) in [5, 5.41) is 0. The van der Waals surface area contributed by atoms with Crippen LogP contribution in [0, 0.1) is 0 Å². The molecule has 0 aromatic carbocycles. The first kappa shape index (κ1) is 20.9. The molecule has 1 aliphatic rings. The summed E-state index contributed by atoms with van der Waals surface area (Å²) in [5.41, 5.74) is 0.363. The van der Waals surface area contributed by atoms with Gasteiger partial charge >= 0.3 is 11.9 Å². The van der Waals surface area contributed by atoms with Crippen LogP contribution >= 0.6 is 0 Å². The van der Waals surface area contributed by atoms with Gasteiger partial charge in [0.2, 0.25) is 0 Å². The largest absolute Gasteiger partial charge is 0.469 e. The highest BCUT2D eigenvalue weighted by Crippen LogP contribution is 2.32. The molecule has 0 saturated carbocycles. The van der Waals surface area contributed by atoms with Crippen LogP contribution in [0.1, 0.15) is 13.3 Å². The number of rotatable bonds is 8. The zero-order valence-electron chi connectivity index (χ0n) is 15.3. The molecule has 0 aromatic heterocycles. The molecule has 0 radical (unpaired) electrons. The van der Waals surface area contributed by atoms with Crippen LogP contribution in [0.4, 0.5) is 0 Å². The van der Waals surface area contributed by atoms with E-state index in [9.17, 15) is 9.59 Å². The monoisotopic (exact) mass is 356 g/mol. The van der Waals surface area contributed by atoms with Crippen LogP contribution in [0.25, 0.3) is 0 Å². The summed E-state index contributed by atoms with van der Waals surface area (Å²) < 4.78 is 31.1. The first-order valence-electron chi connectivity index (χ1n) is 7.43. The minimum absolute atomic E-state index is 0.00541. The zero-order chi connectivity index (χ0) is 19.0. The van der Waals surface area contributed by atoms with Crippen molar-refractivity contribution in [3.8, 4) is 0 Å². The second-order valence-electron chi connectivity index (χ2n) is 5.25. The Hall–Kier alpha value is -2.16. The van der Waals surface area contributed by atoms with Crippen LogP contribution < -0.4 is 0 Å². The van der Waals surface area contributed by atoms with Gasteiger partial charge in [-0.15, -0.1) is 0 Å². The van der Waals surface area contributed by atoms with Crippen molar-refractivity contribution in [2.24, 2.45) is 0 Å². The average molecular weight is 356 g/mol. The van der Waals surface area contributed by atoms with Crippen molar-refractivity contribution in [1.29, 1.82) is 0 Å². The lowest BCUT2D eigenvalue weighted by Crippen LogP contribution is -2.31. The molecule has 1 rings (SSSR count). The van der Waals surface area contributed by atoms with Crippen LogP contribution in [0.2, 0.25) is 0 Å². The SMILES string of the molecule is COCC1=C(CC(C)(OC)OC)OC=CC(C(=O)OC)=C1C(=O)OC. The van der Waals surface area contributed by atoms with Gasteiger partial charge in [-0.05, 0) is 13.0 Å². The van der Waals surface area contributed by atoms with Gasteiger partial charge in [0.15, 0.2) is 5.79 Å². The van der Waals surface area contributed by atoms with Crippen LogP contribution in [-0.2, 0) is 38.0 Å². The third-order valence-electron chi connectivity index (χ3n) is 3.78. The molecule has 1 aliphatic heterocycles. The van der Waals surface area contributed by atoms with Crippen LogP contribution in [0.15, 0.2) is 34.8 Å². The van der Waals surface area contributed by atoms with Gasteiger partial charge in [-0.25, -0.2) is 9.59 Å². The van der Waals surface area contributed by atoms with E-state index >= 15 is 0 Å². The summed E-state index contributed by atoms with van der Waals surface area (Å²) in [6.07, 6.45) is 2.80. The third kappa shape index (κ3) is 4.91. The van der Waals surface area contributed by atoms with Gasteiger partial charge < -0.3 is 28.4 Å². The Morgan fingerprint density at radius 3 is 2.12 bits per heavy atom. The quantitative estimate of drug-likeness (QED) is 0.477. The summed E-state index contributed by atoms with van der Waals surface area (Å²) in [4.78, 5) is 24.5. The molecule has 0 spiro atoms. The minimum Gasteiger partial charge on any atom is -0.469 e. The van der Waals surface area contributed by atoms with Gasteiger partial charge in [0.1, 0.15) is 5.76 Å². The number of carbonyl (C=O) groups is 2. The van der Waals surface area contributed by atoms with E-state index in [1.54, 1.807) is 6.92 Å². The molecule has 0 atom stereocenters. The lowest BCUT2D eigenvalue weighted by atomic mass is 9.97. The standard InChI is InChI=1S/C17H24O8/c1-17(23-5,24-6)9-13-12(10-20-2)14(16(19)22-4)11(7-8-25-13)15(18)21-3/h7-8H,9-10H2,1-6H3. The fraction of sp³-hybridized carbons (Fsp3) is 0.529. The summed E-state index contributed by atoms with van der Waals surface area (Å²) in [5.74, 6) is -2.06. The van der Waals surface area contributed by atoms with E-state index in [0.717, 1.165) is 0 Å². The number of ether oxygens (including phenoxy) is 6. The van der Waals surface area contributed by atoms with Crippen molar-refractivity contribution < 1.29 is 38.0 Å². The first-order valence-corrected chi connectivity index (χ1v) is 7.43. The van der Waals surface area contributed by atoms with E-state index in [2.05, 4.69) is 0 Å². The maximum atomic E-state index is 12.4. The third-order valence-corrected chi connectivity index (χ3v) is 3.78. The summed E-state index contributed by atoms with van der Waals surface area (Å²) >= 11 is 0. The van der Waals surface area contributed by atoms with Crippen LogP contribution in [0.3, 0.4) is 0 Å². The number of hydrogen-bond donors (Lipinski definition) is 0. The van der Waals surface area contributed by atoms with E-state index in [0.29, 0.717) is 11.3 Å². The summed E-state index contributed by atoms with van der Waals surface area (Å²) in [6, 6.07) is 0. The Morgan fingerprint density at radius 2 is 1.64 bits per heavy atom. The predicted molar refractivity (Wildman–Crippen MR) is 87.2 cm³/mol. The molecule has 8 heteroatoms. The predicted octanol–water partition coefficient (Wildman–Crippen LogP) is 1.47. The normalized spacial score (nSPS) is 15.0. The average Bonchev–Trinajstić information content (AvgIpc) is 2.80. The Balaban J connectivity index is 3.60. The van der Waals surface area contributed by atoms with Gasteiger partial charge in [0.05, 0.1) is 44.7 Å². The van der Waals surface area contributed by atoms with Crippen molar-refractivity contribution >= 4 is 11.9 Å². The fourth-order valence-corrected chi connectivity index (χ4v) is 2.22. The van der Waals surface area contributed by atoms with E-state index in [4.69, 9.17) is 28.4 Å². The highest BCUT2D eigenvalue weighted by Gasteiger charge is 2.33.